The summed E-state index contributed by atoms with van der Waals surface area (Å²) in [4.78, 5) is 34.5. The molecule has 1 aromatic rings. The van der Waals surface area contributed by atoms with Gasteiger partial charge in [0.1, 0.15) is 0 Å². The highest BCUT2D eigenvalue weighted by atomic mass is 16.2. The molecule has 0 saturated heterocycles. The largest absolute Gasteiger partial charge is 0.355 e. The van der Waals surface area contributed by atoms with Gasteiger partial charge in [-0.1, -0.05) is 37.3 Å². The molecule has 1 aromatic carbocycles. The van der Waals surface area contributed by atoms with Gasteiger partial charge in [0.05, 0.1) is 13.0 Å². The van der Waals surface area contributed by atoms with Crippen LogP contribution in [0, 0.1) is 0 Å². The van der Waals surface area contributed by atoms with E-state index in [0.717, 1.165) is 12.0 Å². The van der Waals surface area contributed by atoms with E-state index in [4.69, 9.17) is 0 Å². The average molecular weight is 305 g/mol. The summed E-state index contributed by atoms with van der Waals surface area (Å²) in [5.41, 5.74) is 0.928. The molecule has 3 N–H and O–H groups in total. The third kappa shape index (κ3) is 8.04. The van der Waals surface area contributed by atoms with Crippen LogP contribution in [0.25, 0.3) is 0 Å². The van der Waals surface area contributed by atoms with Gasteiger partial charge in [0, 0.05) is 19.5 Å². The number of nitrogens with one attached hydrogen (secondary N) is 3. The molecule has 0 aliphatic carbocycles. The molecule has 22 heavy (non-hydrogen) atoms. The lowest BCUT2D eigenvalue weighted by molar-refractivity contribution is -0.126. The molecule has 0 saturated carbocycles. The minimum absolute atomic E-state index is 0.0310. The summed E-state index contributed by atoms with van der Waals surface area (Å²) in [6.45, 7) is 2.78. The lowest BCUT2D eigenvalue weighted by Crippen LogP contribution is -2.38. The Morgan fingerprint density at radius 1 is 0.864 bits per heavy atom. The predicted molar refractivity (Wildman–Crippen MR) is 84.1 cm³/mol. The smallest absolute Gasteiger partial charge is 0.239 e. The zero-order chi connectivity index (χ0) is 16.2. The summed E-state index contributed by atoms with van der Waals surface area (Å²) in [6, 6.07) is 9.39. The topological polar surface area (TPSA) is 87.3 Å². The third-order valence-corrected chi connectivity index (χ3v) is 2.90. The fourth-order valence-corrected chi connectivity index (χ4v) is 1.75. The molecule has 0 heterocycles. The molecule has 0 radical (unpaired) electrons. The van der Waals surface area contributed by atoms with Crippen LogP contribution in [0.2, 0.25) is 0 Å². The summed E-state index contributed by atoms with van der Waals surface area (Å²) < 4.78 is 0. The van der Waals surface area contributed by atoms with Crippen molar-refractivity contribution in [1.29, 1.82) is 0 Å². The Hall–Kier alpha value is -2.37. The van der Waals surface area contributed by atoms with Crippen molar-refractivity contribution in [2.24, 2.45) is 0 Å². The molecule has 0 bridgehead atoms. The highest BCUT2D eigenvalue weighted by Gasteiger charge is 2.06. The van der Waals surface area contributed by atoms with Crippen LogP contribution in [0.3, 0.4) is 0 Å². The van der Waals surface area contributed by atoms with Gasteiger partial charge in [-0.25, -0.2) is 0 Å². The first kappa shape index (κ1) is 17.7. The molecule has 0 aromatic heterocycles. The van der Waals surface area contributed by atoms with E-state index < -0.39 is 0 Å². The van der Waals surface area contributed by atoms with Gasteiger partial charge < -0.3 is 16.0 Å². The maximum atomic E-state index is 11.7. The van der Waals surface area contributed by atoms with E-state index in [1.165, 1.54) is 0 Å². The van der Waals surface area contributed by atoms with Gasteiger partial charge in [0.25, 0.3) is 0 Å². The Bertz CT molecular complexity index is 489. The van der Waals surface area contributed by atoms with Gasteiger partial charge >= 0.3 is 0 Å². The molecule has 0 aliphatic heterocycles. The summed E-state index contributed by atoms with van der Waals surface area (Å²) >= 11 is 0. The van der Waals surface area contributed by atoms with Crippen LogP contribution in [0.4, 0.5) is 0 Å². The molecule has 0 atom stereocenters. The van der Waals surface area contributed by atoms with Crippen molar-refractivity contribution in [2.75, 3.05) is 19.6 Å². The van der Waals surface area contributed by atoms with E-state index in [1.54, 1.807) is 0 Å². The van der Waals surface area contributed by atoms with Gasteiger partial charge in [-0.05, 0) is 12.0 Å². The fourth-order valence-electron chi connectivity index (χ4n) is 1.75. The summed E-state index contributed by atoms with van der Waals surface area (Å²) in [6.07, 6.45) is 1.30. The molecule has 0 spiro atoms. The molecule has 0 aliphatic rings. The first-order valence-corrected chi connectivity index (χ1v) is 7.46. The lowest BCUT2D eigenvalue weighted by atomic mass is 10.1. The minimum atomic E-state index is -0.258. The SMILES string of the molecule is CCCNC(=O)CNC(=O)CCNC(=O)Cc1ccccc1. The molecule has 0 fully saturated rings. The van der Waals surface area contributed by atoms with Gasteiger partial charge in [-0.15, -0.1) is 0 Å². The van der Waals surface area contributed by atoms with Gasteiger partial charge in [-0.3, -0.25) is 14.4 Å². The summed E-state index contributed by atoms with van der Waals surface area (Å²) in [7, 11) is 0. The second-order valence-electron chi connectivity index (χ2n) is 4.89. The van der Waals surface area contributed by atoms with E-state index in [1.807, 2.05) is 37.3 Å². The Kier molecular flexibility index (Phi) is 8.33. The van der Waals surface area contributed by atoms with Crippen LogP contribution >= 0.6 is 0 Å². The van der Waals surface area contributed by atoms with E-state index >= 15 is 0 Å². The van der Waals surface area contributed by atoms with Crippen LogP contribution in [0.5, 0.6) is 0 Å². The molecule has 6 nitrogen and oxygen atoms in total. The molecule has 1 rings (SSSR count). The number of benzene rings is 1. The molecule has 6 heteroatoms. The lowest BCUT2D eigenvalue weighted by Gasteiger charge is -2.07. The molecular weight excluding hydrogens is 282 g/mol. The van der Waals surface area contributed by atoms with Crippen LogP contribution in [0.1, 0.15) is 25.3 Å². The predicted octanol–water partition coefficient (Wildman–Crippen LogP) is 0.378. The van der Waals surface area contributed by atoms with Crippen molar-refractivity contribution in [3.8, 4) is 0 Å². The zero-order valence-electron chi connectivity index (χ0n) is 12.9. The van der Waals surface area contributed by atoms with E-state index in [9.17, 15) is 14.4 Å². The number of carbonyl (C=O) groups is 3. The standard InChI is InChI=1S/C16H23N3O3/c1-2-9-17-16(22)12-19-14(20)8-10-18-15(21)11-13-6-4-3-5-7-13/h3-7H,2,8-12H2,1H3,(H,17,22)(H,18,21)(H,19,20). The Balaban J connectivity index is 2.11. The Labute approximate surface area is 130 Å². The number of hydrogen-bond acceptors (Lipinski definition) is 3. The van der Waals surface area contributed by atoms with Crippen molar-refractivity contribution < 1.29 is 14.4 Å². The summed E-state index contributed by atoms with van der Waals surface area (Å²) in [5.74, 6) is -0.588. The van der Waals surface area contributed by atoms with Crippen molar-refractivity contribution in [3.05, 3.63) is 35.9 Å². The Morgan fingerprint density at radius 3 is 2.23 bits per heavy atom. The van der Waals surface area contributed by atoms with Crippen LogP contribution in [-0.2, 0) is 20.8 Å². The monoisotopic (exact) mass is 305 g/mol. The normalized spacial score (nSPS) is 9.86. The van der Waals surface area contributed by atoms with E-state index in [0.29, 0.717) is 13.0 Å². The van der Waals surface area contributed by atoms with Crippen molar-refractivity contribution >= 4 is 17.7 Å². The highest BCUT2D eigenvalue weighted by molar-refractivity contribution is 5.85. The van der Waals surface area contributed by atoms with Crippen LogP contribution in [-0.4, -0.2) is 37.4 Å². The van der Waals surface area contributed by atoms with Crippen LogP contribution in [0.15, 0.2) is 30.3 Å². The highest BCUT2D eigenvalue weighted by Crippen LogP contribution is 1.98. The second kappa shape index (κ2) is 10.4. The van der Waals surface area contributed by atoms with Crippen LogP contribution < -0.4 is 16.0 Å². The molecule has 120 valence electrons. The molecular formula is C16H23N3O3. The van der Waals surface area contributed by atoms with E-state index in [-0.39, 0.29) is 37.2 Å². The Morgan fingerprint density at radius 2 is 1.55 bits per heavy atom. The van der Waals surface area contributed by atoms with Gasteiger partial charge in [0.2, 0.25) is 17.7 Å². The number of hydrogen-bond donors (Lipinski definition) is 3. The maximum absolute atomic E-state index is 11.7. The average Bonchev–Trinajstić information content (AvgIpc) is 2.52. The second-order valence-corrected chi connectivity index (χ2v) is 4.89. The van der Waals surface area contributed by atoms with Crippen molar-refractivity contribution in [3.63, 3.8) is 0 Å². The van der Waals surface area contributed by atoms with Gasteiger partial charge in [-0.2, -0.15) is 0 Å². The number of amides is 3. The minimum Gasteiger partial charge on any atom is -0.355 e. The van der Waals surface area contributed by atoms with Gasteiger partial charge in [0.15, 0.2) is 0 Å². The number of rotatable bonds is 9. The first-order valence-electron chi connectivity index (χ1n) is 7.46. The fraction of sp³-hybridized carbons (Fsp3) is 0.438. The maximum Gasteiger partial charge on any atom is 0.239 e. The third-order valence-electron chi connectivity index (χ3n) is 2.90. The van der Waals surface area contributed by atoms with E-state index in [2.05, 4.69) is 16.0 Å². The summed E-state index contributed by atoms with van der Waals surface area (Å²) in [5, 5.41) is 7.86. The van der Waals surface area contributed by atoms with Crippen molar-refractivity contribution in [1.82, 2.24) is 16.0 Å². The first-order chi connectivity index (χ1) is 10.6. The molecule has 3 amide bonds. The number of carbonyl (C=O) groups excluding carboxylic acids is 3. The molecule has 0 unspecified atom stereocenters. The zero-order valence-corrected chi connectivity index (χ0v) is 12.9. The van der Waals surface area contributed by atoms with Crippen molar-refractivity contribution in [2.45, 2.75) is 26.2 Å². The quantitative estimate of drug-likeness (QED) is 0.616.